The molecule has 0 heterocycles. The van der Waals surface area contributed by atoms with Crippen LogP contribution in [-0.2, 0) is 4.79 Å². The molecule has 2 rings (SSSR count). The quantitative estimate of drug-likeness (QED) is 0.738. The molecule has 1 saturated carbocycles. The van der Waals surface area contributed by atoms with Crippen molar-refractivity contribution in [2.45, 2.75) is 31.9 Å². The minimum absolute atomic E-state index is 0.0434. The number of hydrogen-bond acceptors (Lipinski definition) is 2. The van der Waals surface area contributed by atoms with Crippen molar-refractivity contribution in [2.75, 3.05) is 11.9 Å². The Bertz CT molecular complexity index is 451. The summed E-state index contributed by atoms with van der Waals surface area (Å²) in [5.41, 5.74) is 0. The van der Waals surface area contributed by atoms with Gasteiger partial charge in [0.2, 0.25) is 0 Å². The van der Waals surface area contributed by atoms with Gasteiger partial charge in [-0.15, -0.1) is 0 Å². The fourth-order valence-electron chi connectivity index (χ4n) is 1.98. The monoisotopic (exact) mass is 345 g/mol. The zero-order chi connectivity index (χ0) is 13.8. The van der Waals surface area contributed by atoms with Crippen LogP contribution in [0.25, 0.3) is 0 Å². The zero-order valence-electron chi connectivity index (χ0n) is 10.8. The lowest BCUT2D eigenvalue weighted by Crippen LogP contribution is -2.42. The lowest BCUT2D eigenvalue weighted by molar-refractivity contribution is -0.138. The average molecular weight is 347 g/mol. The number of halogens is 2. The number of alkyl halides is 1. The van der Waals surface area contributed by atoms with E-state index in [-0.39, 0.29) is 5.91 Å². The molecule has 0 saturated heterocycles. The van der Waals surface area contributed by atoms with Gasteiger partial charge in [-0.25, -0.2) is 0 Å². The maximum atomic E-state index is 12.4. The minimum Gasteiger partial charge on any atom is -0.481 e. The van der Waals surface area contributed by atoms with E-state index in [4.69, 9.17) is 16.3 Å². The molecule has 0 bridgehead atoms. The van der Waals surface area contributed by atoms with Crippen LogP contribution < -0.4 is 4.74 Å². The van der Waals surface area contributed by atoms with Crippen molar-refractivity contribution in [2.24, 2.45) is 0 Å². The lowest BCUT2D eigenvalue weighted by atomic mass is 10.3. The topological polar surface area (TPSA) is 29.5 Å². The molecule has 1 aromatic rings. The van der Waals surface area contributed by atoms with Crippen molar-refractivity contribution in [1.29, 1.82) is 0 Å². The van der Waals surface area contributed by atoms with E-state index in [1.54, 1.807) is 19.1 Å². The SMILES string of the molecule is CC(Oc1cccc(Cl)c1)C(=O)N(CCBr)C1CC1. The standard InChI is InChI=1S/C14H17BrClNO2/c1-10(19-13-4-2-3-11(16)9-13)14(18)17(8-7-15)12-5-6-12/h2-4,9-10,12H,5-8H2,1H3. The molecule has 1 fully saturated rings. The van der Waals surface area contributed by atoms with Crippen molar-refractivity contribution < 1.29 is 9.53 Å². The van der Waals surface area contributed by atoms with Gasteiger partial charge in [-0.2, -0.15) is 0 Å². The Balaban J connectivity index is 1.98. The van der Waals surface area contributed by atoms with Gasteiger partial charge in [0.1, 0.15) is 5.75 Å². The number of nitrogens with zero attached hydrogens (tertiary/aromatic N) is 1. The molecule has 0 aliphatic heterocycles. The number of carbonyl (C=O) groups excluding carboxylic acids is 1. The first kappa shape index (κ1) is 14.7. The van der Waals surface area contributed by atoms with Gasteiger partial charge in [0, 0.05) is 22.9 Å². The lowest BCUT2D eigenvalue weighted by Gasteiger charge is -2.25. The molecule has 0 radical (unpaired) electrons. The molecular formula is C14H17BrClNO2. The Labute approximate surface area is 127 Å². The maximum Gasteiger partial charge on any atom is 0.263 e. The molecule has 104 valence electrons. The van der Waals surface area contributed by atoms with E-state index in [1.165, 1.54) is 0 Å². The second-order valence-electron chi connectivity index (χ2n) is 4.67. The van der Waals surface area contributed by atoms with Crippen molar-refractivity contribution in [1.82, 2.24) is 4.90 Å². The molecule has 1 aromatic carbocycles. The summed E-state index contributed by atoms with van der Waals surface area (Å²) in [6, 6.07) is 7.52. The average Bonchev–Trinajstić information content (AvgIpc) is 3.19. The summed E-state index contributed by atoms with van der Waals surface area (Å²) in [5, 5.41) is 1.40. The molecule has 0 aromatic heterocycles. The summed E-state index contributed by atoms with van der Waals surface area (Å²) >= 11 is 9.29. The highest BCUT2D eigenvalue weighted by atomic mass is 79.9. The van der Waals surface area contributed by atoms with Crippen molar-refractivity contribution in [3.05, 3.63) is 29.3 Å². The molecular weight excluding hydrogens is 330 g/mol. The summed E-state index contributed by atoms with van der Waals surface area (Å²) in [6.07, 6.45) is 1.71. The van der Waals surface area contributed by atoms with Crippen LogP contribution in [0.1, 0.15) is 19.8 Å². The molecule has 5 heteroatoms. The predicted octanol–water partition coefficient (Wildman–Crippen LogP) is 3.49. The number of hydrogen-bond donors (Lipinski definition) is 0. The van der Waals surface area contributed by atoms with Gasteiger partial charge in [-0.05, 0) is 38.0 Å². The van der Waals surface area contributed by atoms with Crippen LogP contribution in [0.2, 0.25) is 5.02 Å². The Morgan fingerprint density at radius 3 is 2.89 bits per heavy atom. The molecule has 1 atom stereocenters. The van der Waals surface area contributed by atoms with Crippen LogP contribution in [0.3, 0.4) is 0 Å². The van der Waals surface area contributed by atoms with E-state index in [1.807, 2.05) is 17.0 Å². The molecule has 19 heavy (non-hydrogen) atoms. The fourth-order valence-corrected chi connectivity index (χ4v) is 2.54. The predicted molar refractivity (Wildman–Crippen MR) is 80.1 cm³/mol. The fraction of sp³-hybridized carbons (Fsp3) is 0.500. The van der Waals surface area contributed by atoms with Gasteiger partial charge in [0.25, 0.3) is 5.91 Å². The summed E-state index contributed by atoms with van der Waals surface area (Å²) in [4.78, 5) is 14.3. The van der Waals surface area contributed by atoms with Crippen LogP contribution in [0.5, 0.6) is 5.75 Å². The summed E-state index contributed by atoms with van der Waals surface area (Å²) in [7, 11) is 0. The van der Waals surface area contributed by atoms with E-state index in [0.717, 1.165) is 24.7 Å². The Morgan fingerprint density at radius 2 is 2.32 bits per heavy atom. The van der Waals surface area contributed by atoms with Crippen LogP contribution >= 0.6 is 27.5 Å². The van der Waals surface area contributed by atoms with Gasteiger partial charge in [-0.3, -0.25) is 4.79 Å². The van der Waals surface area contributed by atoms with Crippen LogP contribution in [0.4, 0.5) is 0 Å². The second-order valence-corrected chi connectivity index (χ2v) is 5.90. The van der Waals surface area contributed by atoms with Crippen LogP contribution in [0.15, 0.2) is 24.3 Å². The highest BCUT2D eigenvalue weighted by Gasteiger charge is 2.34. The second kappa shape index (κ2) is 6.62. The number of carbonyl (C=O) groups is 1. The van der Waals surface area contributed by atoms with Gasteiger partial charge in [-0.1, -0.05) is 33.6 Å². The maximum absolute atomic E-state index is 12.4. The van der Waals surface area contributed by atoms with Crippen molar-refractivity contribution in [3.8, 4) is 5.75 Å². The van der Waals surface area contributed by atoms with Gasteiger partial charge < -0.3 is 9.64 Å². The summed E-state index contributed by atoms with van der Waals surface area (Å²) < 4.78 is 5.67. The number of benzene rings is 1. The molecule has 1 aliphatic carbocycles. The molecule has 3 nitrogen and oxygen atoms in total. The van der Waals surface area contributed by atoms with Crippen molar-refractivity contribution >= 4 is 33.4 Å². The van der Waals surface area contributed by atoms with Crippen LogP contribution in [0, 0.1) is 0 Å². The Morgan fingerprint density at radius 1 is 1.58 bits per heavy atom. The van der Waals surface area contributed by atoms with E-state index >= 15 is 0 Å². The van der Waals surface area contributed by atoms with E-state index < -0.39 is 6.10 Å². The van der Waals surface area contributed by atoms with Crippen LogP contribution in [-0.4, -0.2) is 34.8 Å². The van der Waals surface area contributed by atoms with Gasteiger partial charge in [0.15, 0.2) is 6.10 Å². The minimum atomic E-state index is -0.488. The summed E-state index contributed by atoms with van der Waals surface area (Å²) in [5.74, 6) is 0.671. The van der Waals surface area contributed by atoms with E-state index in [0.29, 0.717) is 16.8 Å². The number of amides is 1. The normalized spacial score (nSPS) is 15.9. The third-order valence-corrected chi connectivity index (χ3v) is 3.64. The first-order valence-electron chi connectivity index (χ1n) is 6.40. The van der Waals surface area contributed by atoms with Gasteiger partial charge in [0.05, 0.1) is 0 Å². The Kier molecular flexibility index (Phi) is 5.11. The summed E-state index contributed by atoms with van der Waals surface area (Å²) in [6.45, 7) is 2.51. The first-order valence-corrected chi connectivity index (χ1v) is 7.90. The Hall–Kier alpha value is -0.740. The van der Waals surface area contributed by atoms with E-state index in [9.17, 15) is 4.79 Å². The number of ether oxygens (including phenoxy) is 1. The highest BCUT2D eigenvalue weighted by molar-refractivity contribution is 9.09. The largest absolute Gasteiger partial charge is 0.481 e. The highest BCUT2D eigenvalue weighted by Crippen LogP contribution is 2.28. The van der Waals surface area contributed by atoms with E-state index in [2.05, 4.69) is 15.9 Å². The first-order chi connectivity index (χ1) is 9.11. The smallest absolute Gasteiger partial charge is 0.263 e. The van der Waals surface area contributed by atoms with Gasteiger partial charge >= 0.3 is 0 Å². The molecule has 1 aliphatic rings. The molecule has 1 amide bonds. The third-order valence-electron chi connectivity index (χ3n) is 3.05. The zero-order valence-corrected chi connectivity index (χ0v) is 13.2. The molecule has 1 unspecified atom stereocenters. The molecule has 0 spiro atoms. The third kappa shape index (κ3) is 4.11. The number of rotatable bonds is 6. The van der Waals surface area contributed by atoms with Crippen molar-refractivity contribution in [3.63, 3.8) is 0 Å². The molecule has 0 N–H and O–H groups in total.